The van der Waals surface area contributed by atoms with Gasteiger partial charge in [0.15, 0.2) is 0 Å². The summed E-state index contributed by atoms with van der Waals surface area (Å²) in [7, 11) is 1.78. The lowest BCUT2D eigenvalue weighted by molar-refractivity contribution is 0.0721. The zero-order valence-electron chi connectivity index (χ0n) is 10.7. The fourth-order valence-corrected chi connectivity index (χ4v) is 3.01. The second-order valence-corrected chi connectivity index (χ2v) is 5.65. The molecule has 0 radical (unpaired) electrons. The third-order valence-electron chi connectivity index (χ3n) is 3.50. The molecule has 0 spiro atoms. The van der Waals surface area contributed by atoms with Gasteiger partial charge >= 0.3 is 0 Å². The third kappa shape index (κ3) is 2.85. The van der Waals surface area contributed by atoms with Crippen LogP contribution in [0, 0.1) is 11.3 Å². The van der Waals surface area contributed by atoms with Crippen LogP contribution in [0.25, 0.3) is 0 Å². The van der Waals surface area contributed by atoms with Gasteiger partial charge in [-0.3, -0.25) is 0 Å². The molecule has 1 aromatic carbocycles. The Hall–Kier alpha value is -1.05. The van der Waals surface area contributed by atoms with E-state index in [9.17, 15) is 0 Å². The summed E-state index contributed by atoms with van der Waals surface area (Å²) in [6.45, 7) is 3.18. The number of anilines is 1. The number of hydrogen-bond acceptors (Lipinski definition) is 3. The first-order valence-corrected chi connectivity index (χ1v) is 6.93. The minimum atomic E-state index is 0.360. The molecule has 0 bridgehead atoms. The standard InChI is InChI=1S/C14H17BrN2O/c1-10-5-14(18-2)3-4-17(10)13-7-11(9-16)6-12(15)8-13/h6-8,10,14H,3-5H2,1-2H3. The molecule has 0 amide bonds. The maximum atomic E-state index is 9.02. The minimum Gasteiger partial charge on any atom is -0.381 e. The quantitative estimate of drug-likeness (QED) is 0.841. The van der Waals surface area contributed by atoms with Crippen LogP contribution in [-0.2, 0) is 4.74 Å². The van der Waals surface area contributed by atoms with E-state index >= 15 is 0 Å². The molecule has 2 unspecified atom stereocenters. The molecule has 96 valence electrons. The predicted octanol–water partition coefficient (Wildman–Crippen LogP) is 3.32. The molecule has 1 aliphatic rings. The van der Waals surface area contributed by atoms with Crippen molar-refractivity contribution in [3.05, 3.63) is 28.2 Å². The molecule has 1 fully saturated rings. The minimum absolute atomic E-state index is 0.360. The normalized spacial score (nSPS) is 23.8. The van der Waals surface area contributed by atoms with E-state index in [-0.39, 0.29) is 0 Å². The molecule has 2 atom stereocenters. The van der Waals surface area contributed by atoms with Crippen LogP contribution < -0.4 is 4.90 Å². The number of nitrogens with zero attached hydrogens (tertiary/aromatic N) is 2. The molecule has 2 rings (SSSR count). The van der Waals surface area contributed by atoms with Crippen LogP contribution in [0.2, 0.25) is 0 Å². The van der Waals surface area contributed by atoms with Gasteiger partial charge in [-0.25, -0.2) is 0 Å². The fraction of sp³-hybridized carbons (Fsp3) is 0.500. The Morgan fingerprint density at radius 3 is 2.83 bits per heavy atom. The van der Waals surface area contributed by atoms with E-state index in [1.807, 2.05) is 12.1 Å². The lowest BCUT2D eigenvalue weighted by Crippen LogP contribution is -2.43. The first kappa shape index (κ1) is 13.4. The SMILES string of the molecule is COC1CCN(c2cc(Br)cc(C#N)c2)C(C)C1. The Morgan fingerprint density at radius 2 is 2.22 bits per heavy atom. The van der Waals surface area contributed by atoms with Crippen molar-refractivity contribution < 1.29 is 4.74 Å². The number of ether oxygens (including phenoxy) is 1. The number of benzene rings is 1. The van der Waals surface area contributed by atoms with Crippen LogP contribution in [0.1, 0.15) is 25.3 Å². The molecule has 0 aliphatic carbocycles. The van der Waals surface area contributed by atoms with Crippen molar-refractivity contribution >= 4 is 21.6 Å². The molecule has 1 aromatic rings. The van der Waals surface area contributed by atoms with Crippen molar-refractivity contribution in [3.63, 3.8) is 0 Å². The summed E-state index contributed by atoms with van der Waals surface area (Å²) in [5.41, 5.74) is 1.81. The number of piperidine rings is 1. The summed E-state index contributed by atoms with van der Waals surface area (Å²) in [5, 5.41) is 9.02. The van der Waals surface area contributed by atoms with Gasteiger partial charge in [0.25, 0.3) is 0 Å². The molecule has 1 saturated heterocycles. The van der Waals surface area contributed by atoms with Crippen LogP contribution in [0.5, 0.6) is 0 Å². The summed E-state index contributed by atoms with van der Waals surface area (Å²) in [4.78, 5) is 2.35. The third-order valence-corrected chi connectivity index (χ3v) is 3.96. The summed E-state index contributed by atoms with van der Waals surface area (Å²) in [6, 6.07) is 8.51. The van der Waals surface area contributed by atoms with Crippen LogP contribution in [0.15, 0.2) is 22.7 Å². The monoisotopic (exact) mass is 308 g/mol. The molecule has 1 heterocycles. The number of hydrogen-bond donors (Lipinski definition) is 0. The van der Waals surface area contributed by atoms with Gasteiger partial charge in [-0.15, -0.1) is 0 Å². The van der Waals surface area contributed by atoms with Gasteiger partial charge in [-0.1, -0.05) is 15.9 Å². The predicted molar refractivity (Wildman–Crippen MR) is 75.7 cm³/mol. The van der Waals surface area contributed by atoms with Gasteiger partial charge in [-0.05, 0) is 38.0 Å². The first-order chi connectivity index (χ1) is 8.63. The highest BCUT2D eigenvalue weighted by Gasteiger charge is 2.25. The Morgan fingerprint density at radius 1 is 1.44 bits per heavy atom. The van der Waals surface area contributed by atoms with E-state index in [2.05, 4.69) is 39.9 Å². The topological polar surface area (TPSA) is 36.3 Å². The number of halogens is 1. The number of rotatable bonds is 2. The molecular formula is C14H17BrN2O. The fourth-order valence-electron chi connectivity index (χ4n) is 2.53. The summed E-state index contributed by atoms with van der Waals surface area (Å²) in [5.74, 6) is 0. The Kier molecular flexibility index (Phi) is 4.26. The molecular weight excluding hydrogens is 292 g/mol. The maximum absolute atomic E-state index is 9.02. The van der Waals surface area contributed by atoms with Crippen molar-refractivity contribution in [3.8, 4) is 6.07 Å². The Labute approximate surface area is 116 Å². The second-order valence-electron chi connectivity index (χ2n) is 4.73. The highest BCUT2D eigenvalue weighted by atomic mass is 79.9. The zero-order valence-corrected chi connectivity index (χ0v) is 12.3. The van der Waals surface area contributed by atoms with Gasteiger partial charge in [0.05, 0.1) is 17.7 Å². The molecule has 4 heteroatoms. The largest absolute Gasteiger partial charge is 0.381 e. The smallest absolute Gasteiger partial charge is 0.0992 e. The van der Waals surface area contributed by atoms with Gasteiger partial charge < -0.3 is 9.64 Å². The Bertz CT molecular complexity index is 469. The van der Waals surface area contributed by atoms with Gasteiger partial charge in [0, 0.05) is 29.9 Å². The lowest BCUT2D eigenvalue weighted by Gasteiger charge is -2.39. The van der Waals surface area contributed by atoms with Gasteiger partial charge in [-0.2, -0.15) is 5.26 Å². The summed E-state index contributed by atoms with van der Waals surface area (Å²) >= 11 is 3.46. The first-order valence-electron chi connectivity index (χ1n) is 6.14. The highest BCUT2D eigenvalue weighted by Crippen LogP contribution is 2.29. The van der Waals surface area contributed by atoms with E-state index in [0.717, 1.165) is 29.5 Å². The van der Waals surface area contributed by atoms with Crippen molar-refractivity contribution in [2.75, 3.05) is 18.6 Å². The average molecular weight is 309 g/mol. The molecule has 0 aromatic heterocycles. The number of methoxy groups -OCH3 is 1. The van der Waals surface area contributed by atoms with Crippen molar-refractivity contribution in [2.45, 2.75) is 31.9 Å². The molecule has 3 nitrogen and oxygen atoms in total. The summed E-state index contributed by atoms with van der Waals surface area (Å²) in [6.07, 6.45) is 2.43. The molecule has 0 N–H and O–H groups in total. The van der Waals surface area contributed by atoms with Crippen LogP contribution in [-0.4, -0.2) is 25.8 Å². The van der Waals surface area contributed by atoms with E-state index < -0.39 is 0 Å². The van der Waals surface area contributed by atoms with Crippen LogP contribution >= 0.6 is 15.9 Å². The van der Waals surface area contributed by atoms with Crippen LogP contribution in [0.3, 0.4) is 0 Å². The van der Waals surface area contributed by atoms with E-state index in [1.165, 1.54) is 0 Å². The van der Waals surface area contributed by atoms with Gasteiger partial charge in [0.2, 0.25) is 0 Å². The maximum Gasteiger partial charge on any atom is 0.0992 e. The average Bonchev–Trinajstić information content (AvgIpc) is 2.37. The Balaban J connectivity index is 2.22. The van der Waals surface area contributed by atoms with Crippen molar-refractivity contribution in [1.82, 2.24) is 0 Å². The second kappa shape index (κ2) is 5.73. The highest BCUT2D eigenvalue weighted by molar-refractivity contribution is 9.10. The van der Waals surface area contributed by atoms with E-state index in [4.69, 9.17) is 10.00 Å². The molecule has 0 saturated carbocycles. The zero-order chi connectivity index (χ0) is 13.1. The number of nitriles is 1. The molecule has 1 aliphatic heterocycles. The lowest BCUT2D eigenvalue weighted by atomic mass is 9.99. The van der Waals surface area contributed by atoms with E-state index in [1.54, 1.807) is 7.11 Å². The van der Waals surface area contributed by atoms with Gasteiger partial charge in [0.1, 0.15) is 0 Å². The van der Waals surface area contributed by atoms with Crippen molar-refractivity contribution in [1.29, 1.82) is 5.26 Å². The summed E-state index contributed by atoms with van der Waals surface area (Å²) < 4.78 is 6.38. The van der Waals surface area contributed by atoms with Crippen LogP contribution in [0.4, 0.5) is 5.69 Å². The van der Waals surface area contributed by atoms with E-state index in [0.29, 0.717) is 17.7 Å². The molecule has 18 heavy (non-hydrogen) atoms. The van der Waals surface area contributed by atoms with Crippen molar-refractivity contribution in [2.24, 2.45) is 0 Å².